The van der Waals surface area contributed by atoms with Crippen molar-refractivity contribution < 1.29 is 23.1 Å². The maximum absolute atomic E-state index is 14.0. The summed E-state index contributed by atoms with van der Waals surface area (Å²) in [4.78, 5) is 32.7. The van der Waals surface area contributed by atoms with Crippen molar-refractivity contribution in [3.8, 4) is 0 Å². The summed E-state index contributed by atoms with van der Waals surface area (Å²) in [6.07, 6.45) is 5.60. The number of nitrogens with zero attached hydrogens (tertiary/aromatic N) is 4. The highest BCUT2D eigenvalue weighted by atomic mass is 19.3. The maximum atomic E-state index is 14.0. The molecule has 0 spiro atoms. The molecule has 33 heavy (non-hydrogen) atoms. The van der Waals surface area contributed by atoms with E-state index in [4.69, 9.17) is 10.5 Å². The minimum Gasteiger partial charge on any atom is -0.443 e. The summed E-state index contributed by atoms with van der Waals surface area (Å²) in [5.74, 6) is -2.21. The molecule has 9 nitrogen and oxygen atoms in total. The van der Waals surface area contributed by atoms with Gasteiger partial charge in [-0.1, -0.05) is 0 Å². The molecule has 2 aromatic heterocycles. The topological polar surface area (TPSA) is 115 Å². The number of carbonyl (C=O) groups is 2. The fraction of sp³-hybridized carbons (Fsp3) is 0.455. The van der Waals surface area contributed by atoms with E-state index in [-0.39, 0.29) is 32.0 Å². The summed E-state index contributed by atoms with van der Waals surface area (Å²) in [7, 11) is 0. The van der Waals surface area contributed by atoms with Crippen LogP contribution in [0.2, 0.25) is 0 Å². The van der Waals surface area contributed by atoms with Crippen LogP contribution in [-0.4, -0.2) is 64.5 Å². The van der Waals surface area contributed by atoms with Crippen LogP contribution >= 0.6 is 0 Å². The van der Waals surface area contributed by atoms with Gasteiger partial charge in [0.05, 0.1) is 6.54 Å². The average molecular weight is 460 g/mol. The van der Waals surface area contributed by atoms with Gasteiger partial charge in [0, 0.05) is 62.0 Å². The zero-order valence-electron chi connectivity index (χ0n) is 18.0. The van der Waals surface area contributed by atoms with E-state index in [1.807, 2.05) is 22.9 Å². The van der Waals surface area contributed by atoms with Gasteiger partial charge >= 0.3 is 6.09 Å². The number of allylic oxidation sites excluding steroid dienone is 1. The van der Waals surface area contributed by atoms with Crippen molar-refractivity contribution >= 4 is 35.1 Å². The SMILES string of the molecule is NC[C@@H]1CN(C2=NC=C(n3ccc4cc(CCC(F)(F)CCNC=O)cnc43)CC2)C(=O)O1. The number of amidine groups is 1. The lowest BCUT2D eigenvalue weighted by molar-refractivity contribution is -0.109. The van der Waals surface area contributed by atoms with Crippen LogP contribution < -0.4 is 11.1 Å². The Morgan fingerprint density at radius 2 is 2.18 bits per heavy atom. The average Bonchev–Trinajstić information content (AvgIpc) is 3.41. The second kappa shape index (κ2) is 9.65. The van der Waals surface area contributed by atoms with Crippen molar-refractivity contribution in [3.63, 3.8) is 0 Å². The third kappa shape index (κ3) is 5.19. The molecule has 1 fully saturated rings. The number of pyridine rings is 1. The van der Waals surface area contributed by atoms with E-state index in [9.17, 15) is 18.4 Å². The molecule has 4 heterocycles. The first-order valence-corrected chi connectivity index (χ1v) is 10.9. The maximum Gasteiger partial charge on any atom is 0.415 e. The summed E-state index contributed by atoms with van der Waals surface area (Å²) < 4.78 is 35.0. The van der Waals surface area contributed by atoms with E-state index in [1.54, 1.807) is 12.4 Å². The second-order valence-electron chi connectivity index (χ2n) is 8.14. The Balaban J connectivity index is 1.44. The smallest absolute Gasteiger partial charge is 0.415 e. The lowest BCUT2D eigenvalue weighted by Gasteiger charge is -2.20. The first kappa shape index (κ1) is 22.8. The number of carbonyl (C=O) groups excluding carboxylic acids is 2. The van der Waals surface area contributed by atoms with Crippen molar-refractivity contribution in [1.29, 1.82) is 0 Å². The lowest BCUT2D eigenvalue weighted by atomic mass is 10.0. The number of nitrogens with one attached hydrogen (secondary N) is 1. The number of halogens is 2. The van der Waals surface area contributed by atoms with Crippen LogP contribution in [0.1, 0.15) is 31.2 Å². The predicted molar refractivity (Wildman–Crippen MR) is 119 cm³/mol. The Morgan fingerprint density at radius 3 is 2.88 bits per heavy atom. The quantitative estimate of drug-likeness (QED) is 0.441. The third-order valence-corrected chi connectivity index (χ3v) is 5.81. The molecule has 2 aliphatic rings. The van der Waals surface area contributed by atoms with Crippen LogP contribution in [0.4, 0.5) is 13.6 Å². The predicted octanol–water partition coefficient (Wildman–Crippen LogP) is 2.51. The fourth-order valence-corrected chi connectivity index (χ4v) is 3.96. The highest BCUT2D eigenvalue weighted by Crippen LogP contribution is 2.28. The molecule has 0 aromatic carbocycles. The van der Waals surface area contributed by atoms with E-state index < -0.39 is 18.4 Å². The fourth-order valence-electron chi connectivity index (χ4n) is 3.96. The molecule has 2 amide bonds. The standard InChI is InChI=1S/C22H26F2N6O3/c23-22(24,6-7-26-14-31)5-3-15-9-16-4-8-29(20(16)28-11-15)17-1-2-19(27-12-17)30-13-18(10-25)33-21(30)32/h4,8-9,11-12,14,18H,1-3,5-7,10,13,25H2,(H,26,31)/t18-/m1/s1. The van der Waals surface area contributed by atoms with Gasteiger partial charge in [-0.3, -0.25) is 9.69 Å². The second-order valence-corrected chi connectivity index (χ2v) is 8.14. The zero-order chi connectivity index (χ0) is 23.4. The van der Waals surface area contributed by atoms with Gasteiger partial charge in [-0.2, -0.15) is 0 Å². The Morgan fingerprint density at radius 1 is 1.33 bits per heavy atom. The molecule has 0 bridgehead atoms. The van der Waals surface area contributed by atoms with Crippen LogP contribution in [0.15, 0.2) is 35.7 Å². The van der Waals surface area contributed by atoms with Crippen LogP contribution in [0.3, 0.4) is 0 Å². The molecular formula is C22H26F2N6O3. The number of rotatable bonds is 9. The van der Waals surface area contributed by atoms with Crippen molar-refractivity contribution in [1.82, 2.24) is 19.8 Å². The molecule has 1 saturated heterocycles. The number of hydrogen-bond donors (Lipinski definition) is 2. The number of ether oxygens (including phenoxy) is 1. The highest BCUT2D eigenvalue weighted by molar-refractivity contribution is 5.98. The third-order valence-electron chi connectivity index (χ3n) is 5.81. The van der Waals surface area contributed by atoms with Gasteiger partial charge < -0.3 is 20.4 Å². The molecule has 0 saturated carbocycles. The summed E-state index contributed by atoms with van der Waals surface area (Å²) in [5.41, 5.74) is 7.95. The van der Waals surface area contributed by atoms with E-state index >= 15 is 0 Å². The minimum absolute atomic E-state index is 0.0531. The molecule has 0 unspecified atom stereocenters. The van der Waals surface area contributed by atoms with E-state index in [2.05, 4.69) is 15.3 Å². The van der Waals surface area contributed by atoms with Crippen LogP contribution in [0.25, 0.3) is 16.7 Å². The Labute approximate surface area is 189 Å². The van der Waals surface area contributed by atoms with Crippen LogP contribution in [0.5, 0.6) is 0 Å². The monoisotopic (exact) mass is 460 g/mol. The molecule has 4 rings (SSSR count). The number of alkyl halides is 2. The van der Waals surface area contributed by atoms with Gasteiger partial charge in [-0.25, -0.2) is 23.6 Å². The van der Waals surface area contributed by atoms with Crippen LogP contribution in [-0.2, 0) is 16.0 Å². The number of nitrogens with two attached hydrogens (primary N) is 1. The molecule has 2 aliphatic heterocycles. The van der Waals surface area contributed by atoms with E-state index in [0.717, 1.165) is 22.3 Å². The van der Waals surface area contributed by atoms with Crippen molar-refractivity contribution in [2.45, 2.75) is 44.1 Å². The van der Waals surface area contributed by atoms with E-state index in [1.165, 1.54) is 4.90 Å². The van der Waals surface area contributed by atoms with E-state index in [0.29, 0.717) is 31.6 Å². The first-order chi connectivity index (χ1) is 15.9. The molecule has 3 N–H and O–H groups in total. The number of hydrogen-bond acceptors (Lipinski definition) is 6. The molecule has 2 aromatic rings. The number of aliphatic imine (C=N–C) groups is 1. The van der Waals surface area contributed by atoms with Crippen LogP contribution in [0, 0.1) is 0 Å². The Bertz CT molecular complexity index is 1100. The Kier molecular flexibility index (Phi) is 6.68. The first-order valence-electron chi connectivity index (χ1n) is 10.9. The lowest BCUT2D eigenvalue weighted by Crippen LogP contribution is -2.34. The summed E-state index contributed by atoms with van der Waals surface area (Å²) in [5, 5.41) is 3.12. The molecule has 176 valence electrons. The number of fused-ring (bicyclic) bond motifs is 1. The van der Waals surface area contributed by atoms with Crippen molar-refractivity contribution in [3.05, 3.63) is 36.3 Å². The largest absolute Gasteiger partial charge is 0.443 e. The zero-order valence-corrected chi connectivity index (χ0v) is 18.0. The summed E-state index contributed by atoms with van der Waals surface area (Å²) in [6.45, 7) is 0.623. The van der Waals surface area contributed by atoms with Gasteiger partial charge in [-0.05, 0) is 30.5 Å². The number of aryl methyl sites for hydroxylation is 1. The summed E-state index contributed by atoms with van der Waals surface area (Å²) in [6, 6.07) is 3.76. The molecular weight excluding hydrogens is 434 g/mol. The van der Waals surface area contributed by atoms with Gasteiger partial charge in [-0.15, -0.1) is 0 Å². The van der Waals surface area contributed by atoms with Gasteiger partial charge in [0.1, 0.15) is 17.6 Å². The highest BCUT2D eigenvalue weighted by Gasteiger charge is 2.34. The van der Waals surface area contributed by atoms with Gasteiger partial charge in [0.25, 0.3) is 0 Å². The molecule has 0 aliphatic carbocycles. The number of amides is 2. The summed E-state index contributed by atoms with van der Waals surface area (Å²) >= 11 is 0. The van der Waals surface area contributed by atoms with Crippen molar-refractivity contribution in [2.75, 3.05) is 19.6 Å². The van der Waals surface area contributed by atoms with Gasteiger partial charge in [0.2, 0.25) is 12.3 Å². The minimum atomic E-state index is -2.86. The van der Waals surface area contributed by atoms with Gasteiger partial charge in [0.15, 0.2) is 0 Å². The van der Waals surface area contributed by atoms with Crippen molar-refractivity contribution in [2.24, 2.45) is 10.7 Å². The molecule has 1 atom stereocenters. The molecule has 0 radical (unpaired) electrons. The molecule has 11 heteroatoms. The Hall–Kier alpha value is -3.34. The number of cyclic esters (lactones) is 1. The normalized spacial score (nSPS) is 18.8. The number of aromatic nitrogens is 2.